The van der Waals surface area contributed by atoms with Crippen molar-refractivity contribution in [3.8, 4) is 0 Å². The Morgan fingerprint density at radius 1 is 1.38 bits per heavy atom. The number of carbonyl (C=O) groups is 1. The number of amides is 1. The van der Waals surface area contributed by atoms with E-state index in [-0.39, 0.29) is 30.9 Å². The quantitative estimate of drug-likeness (QED) is 0.927. The third-order valence-corrected chi connectivity index (χ3v) is 3.35. The second kappa shape index (κ2) is 6.44. The van der Waals surface area contributed by atoms with Gasteiger partial charge in [0.25, 0.3) is 5.91 Å². The Balaban J connectivity index is 2.17. The first-order chi connectivity index (χ1) is 9.91. The highest BCUT2D eigenvalue weighted by Gasteiger charge is 2.32. The molecular formula is C14H17F3N2O2. The second-order valence-electron chi connectivity index (χ2n) is 4.92. The van der Waals surface area contributed by atoms with Crippen LogP contribution < -0.4 is 10.6 Å². The summed E-state index contributed by atoms with van der Waals surface area (Å²) in [6.45, 7) is 0.642. The van der Waals surface area contributed by atoms with E-state index in [0.717, 1.165) is 18.6 Å². The van der Waals surface area contributed by atoms with E-state index < -0.39 is 11.7 Å². The molecule has 2 rings (SSSR count). The number of hydrogen-bond acceptors (Lipinski definition) is 3. The van der Waals surface area contributed by atoms with Gasteiger partial charge in [-0.3, -0.25) is 4.79 Å². The SMILES string of the molecule is NCCCC1CN(c2cccc(C(F)(F)F)c2)C(=O)CO1. The molecule has 21 heavy (non-hydrogen) atoms. The highest BCUT2D eigenvalue weighted by molar-refractivity contribution is 5.95. The molecule has 1 heterocycles. The summed E-state index contributed by atoms with van der Waals surface area (Å²) in [6, 6.07) is 4.78. The van der Waals surface area contributed by atoms with Crippen molar-refractivity contribution < 1.29 is 22.7 Å². The predicted octanol–water partition coefficient (Wildman–Crippen LogP) is 2.18. The molecule has 0 aliphatic carbocycles. The normalized spacial score (nSPS) is 19.9. The predicted molar refractivity (Wildman–Crippen MR) is 71.8 cm³/mol. The number of anilines is 1. The summed E-state index contributed by atoms with van der Waals surface area (Å²) in [5.41, 5.74) is 4.91. The summed E-state index contributed by atoms with van der Waals surface area (Å²) < 4.78 is 43.6. The van der Waals surface area contributed by atoms with Gasteiger partial charge in [-0.1, -0.05) is 6.07 Å². The fourth-order valence-corrected chi connectivity index (χ4v) is 2.24. The van der Waals surface area contributed by atoms with E-state index in [1.807, 2.05) is 0 Å². The summed E-state index contributed by atoms with van der Waals surface area (Å²) in [4.78, 5) is 13.2. The summed E-state index contributed by atoms with van der Waals surface area (Å²) in [6.07, 6.45) is -3.19. The summed E-state index contributed by atoms with van der Waals surface area (Å²) in [7, 11) is 0. The van der Waals surface area contributed by atoms with Crippen LogP contribution in [0.5, 0.6) is 0 Å². The van der Waals surface area contributed by atoms with Crippen LogP contribution in [0.25, 0.3) is 0 Å². The average molecular weight is 302 g/mol. The lowest BCUT2D eigenvalue weighted by atomic mass is 10.1. The first kappa shape index (κ1) is 15.8. The molecule has 1 aromatic rings. The maximum atomic E-state index is 12.7. The maximum absolute atomic E-state index is 12.7. The van der Waals surface area contributed by atoms with Gasteiger partial charge >= 0.3 is 6.18 Å². The first-order valence-electron chi connectivity index (χ1n) is 6.71. The molecule has 1 saturated heterocycles. The first-order valence-corrected chi connectivity index (χ1v) is 6.71. The zero-order valence-corrected chi connectivity index (χ0v) is 11.4. The summed E-state index contributed by atoms with van der Waals surface area (Å²) >= 11 is 0. The number of ether oxygens (including phenoxy) is 1. The van der Waals surface area contributed by atoms with Crippen LogP contribution in [0.15, 0.2) is 24.3 Å². The Morgan fingerprint density at radius 2 is 2.14 bits per heavy atom. The molecular weight excluding hydrogens is 285 g/mol. The van der Waals surface area contributed by atoms with Gasteiger partial charge < -0.3 is 15.4 Å². The molecule has 1 atom stereocenters. The Morgan fingerprint density at radius 3 is 2.81 bits per heavy atom. The van der Waals surface area contributed by atoms with Crippen molar-refractivity contribution in [2.45, 2.75) is 25.1 Å². The van der Waals surface area contributed by atoms with Crippen LogP contribution in [0.4, 0.5) is 18.9 Å². The zero-order valence-electron chi connectivity index (χ0n) is 11.4. The number of nitrogens with two attached hydrogens (primary N) is 1. The number of morpholine rings is 1. The van der Waals surface area contributed by atoms with Crippen LogP contribution in [-0.2, 0) is 15.7 Å². The van der Waals surface area contributed by atoms with Crippen molar-refractivity contribution in [1.82, 2.24) is 0 Å². The molecule has 2 N–H and O–H groups in total. The van der Waals surface area contributed by atoms with Crippen molar-refractivity contribution in [3.05, 3.63) is 29.8 Å². The molecule has 1 aliphatic heterocycles. The number of halogens is 3. The maximum Gasteiger partial charge on any atom is 0.416 e. The standard InChI is InChI=1S/C14H17F3N2O2/c15-14(16,17)10-3-1-4-11(7-10)19-8-12(5-2-6-18)21-9-13(19)20/h1,3-4,7,12H,2,5-6,8-9,18H2. The number of carbonyl (C=O) groups excluding carboxylic acids is 1. The van der Waals surface area contributed by atoms with Crippen LogP contribution >= 0.6 is 0 Å². The Kier molecular flexibility index (Phi) is 4.84. The van der Waals surface area contributed by atoms with Gasteiger partial charge in [-0.05, 0) is 37.6 Å². The largest absolute Gasteiger partial charge is 0.416 e. The lowest BCUT2D eigenvalue weighted by molar-refractivity contribution is -0.137. The third-order valence-electron chi connectivity index (χ3n) is 3.35. The minimum atomic E-state index is -4.43. The van der Waals surface area contributed by atoms with Crippen molar-refractivity contribution in [2.75, 3.05) is 24.6 Å². The van der Waals surface area contributed by atoms with Crippen LogP contribution in [-0.4, -0.2) is 31.7 Å². The number of benzene rings is 1. The van der Waals surface area contributed by atoms with E-state index in [2.05, 4.69) is 0 Å². The molecule has 7 heteroatoms. The Bertz CT molecular complexity index is 505. The molecule has 4 nitrogen and oxygen atoms in total. The van der Waals surface area contributed by atoms with E-state index in [4.69, 9.17) is 10.5 Å². The molecule has 1 amide bonds. The Hall–Kier alpha value is -1.60. The molecule has 0 saturated carbocycles. The second-order valence-corrected chi connectivity index (χ2v) is 4.92. The third kappa shape index (κ3) is 3.95. The van der Waals surface area contributed by atoms with Crippen LogP contribution in [0.3, 0.4) is 0 Å². The number of rotatable bonds is 4. The van der Waals surface area contributed by atoms with Gasteiger partial charge in [-0.2, -0.15) is 13.2 Å². The lowest BCUT2D eigenvalue weighted by Gasteiger charge is -2.33. The summed E-state index contributed by atoms with van der Waals surface area (Å²) in [5.74, 6) is -0.335. The van der Waals surface area contributed by atoms with E-state index in [1.54, 1.807) is 0 Å². The van der Waals surface area contributed by atoms with Crippen molar-refractivity contribution in [1.29, 1.82) is 0 Å². The molecule has 1 aliphatic rings. The molecule has 1 unspecified atom stereocenters. The average Bonchev–Trinajstić information content (AvgIpc) is 2.45. The van der Waals surface area contributed by atoms with Gasteiger partial charge in [0.1, 0.15) is 6.61 Å². The van der Waals surface area contributed by atoms with Gasteiger partial charge in [0.2, 0.25) is 0 Å². The van der Waals surface area contributed by atoms with E-state index in [9.17, 15) is 18.0 Å². The van der Waals surface area contributed by atoms with Gasteiger partial charge in [-0.25, -0.2) is 0 Å². The van der Waals surface area contributed by atoms with Gasteiger partial charge in [-0.15, -0.1) is 0 Å². The minimum absolute atomic E-state index is 0.120. The highest BCUT2D eigenvalue weighted by Crippen LogP contribution is 2.32. The van der Waals surface area contributed by atoms with Crippen LogP contribution in [0, 0.1) is 0 Å². The molecule has 0 bridgehead atoms. The molecule has 1 aromatic carbocycles. The van der Waals surface area contributed by atoms with Gasteiger partial charge in [0.15, 0.2) is 0 Å². The van der Waals surface area contributed by atoms with Crippen LogP contribution in [0.1, 0.15) is 18.4 Å². The lowest BCUT2D eigenvalue weighted by Crippen LogP contribution is -2.47. The van der Waals surface area contributed by atoms with Gasteiger partial charge in [0.05, 0.1) is 18.2 Å². The van der Waals surface area contributed by atoms with E-state index >= 15 is 0 Å². The zero-order chi connectivity index (χ0) is 15.5. The smallest absolute Gasteiger partial charge is 0.367 e. The van der Waals surface area contributed by atoms with Crippen LogP contribution in [0.2, 0.25) is 0 Å². The van der Waals surface area contributed by atoms with Crippen molar-refractivity contribution in [3.63, 3.8) is 0 Å². The fraction of sp³-hybridized carbons (Fsp3) is 0.500. The number of alkyl halides is 3. The van der Waals surface area contributed by atoms with Crippen molar-refractivity contribution in [2.24, 2.45) is 5.73 Å². The molecule has 0 radical (unpaired) electrons. The molecule has 1 fully saturated rings. The molecule has 116 valence electrons. The number of hydrogen-bond donors (Lipinski definition) is 1. The molecule has 0 aromatic heterocycles. The monoisotopic (exact) mass is 302 g/mol. The fourth-order valence-electron chi connectivity index (χ4n) is 2.24. The molecule has 0 spiro atoms. The Labute approximate surface area is 120 Å². The van der Waals surface area contributed by atoms with Crippen molar-refractivity contribution >= 4 is 11.6 Å². The van der Waals surface area contributed by atoms with E-state index in [1.165, 1.54) is 17.0 Å². The minimum Gasteiger partial charge on any atom is -0.367 e. The highest BCUT2D eigenvalue weighted by atomic mass is 19.4. The van der Waals surface area contributed by atoms with E-state index in [0.29, 0.717) is 13.0 Å². The summed E-state index contributed by atoms with van der Waals surface area (Å²) in [5, 5.41) is 0. The number of nitrogens with zero attached hydrogens (tertiary/aromatic N) is 1. The topological polar surface area (TPSA) is 55.6 Å². The van der Waals surface area contributed by atoms with Gasteiger partial charge in [0, 0.05) is 5.69 Å².